The molecule has 3 heterocycles. The standard InChI is InChI=1S/C20H24FN5O2.C2H6/c1-12-20-17(24-25(12)3)6-14(16-10-23-26(11-16)5-4-21)7-18(20)28-13(2)15-8-19(27)22-9-15;1-2/h6-7,10-11,13,15H,4-5,8-9H2,1-3H3,(H,22,27);1-2H3. The van der Waals surface area contributed by atoms with Crippen LogP contribution in [0.15, 0.2) is 24.5 Å². The van der Waals surface area contributed by atoms with Gasteiger partial charge in [-0.05, 0) is 31.5 Å². The van der Waals surface area contributed by atoms with Gasteiger partial charge in [0.1, 0.15) is 18.5 Å². The molecule has 0 bridgehead atoms. The number of alkyl halides is 1. The van der Waals surface area contributed by atoms with E-state index in [9.17, 15) is 9.18 Å². The lowest BCUT2D eigenvalue weighted by Gasteiger charge is -2.20. The second-order valence-corrected chi connectivity index (χ2v) is 7.35. The molecule has 0 radical (unpaired) electrons. The summed E-state index contributed by atoms with van der Waals surface area (Å²) in [7, 11) is 1.90. The molecule has 1 saturated heterocycles. The Morgan fingerprint density at radius 2 is 2.10 bits per heavy atom. The molecule has 0 spiro atoms. The summed E-state index contributed by atoms with van der Waals surface area (Å²) in [5.74, 6) is 0.941. The van der Waals surface area contributed by atoms with Crippen LogP contribution in [-0.4, -0.2) is 44.8 Å². The van der Waals surface area contributed by atoms with Gasteiger partial charge in [0.15, 0.2) is 0 Å². The lowest BCUT2D eigenvalue weighted by molar-refractivity contribution is -0.119. The zero-order valence-corrected chi connectivity index (χ0v) is 18.3. The van der Waals surface area contributed by atoms with Crippen molar-refractivity contribution in [3.05, 3.63) is 30.2 Å². The maximum absolute atomic E-state index is 12.6. The Labute approximate surface area is 176 Å². The number of halogens is 1. The highest BCUT2D eigenvalue weighted by Gasteiger charge is 2.28. The number of carbonyl (C=O) groups excluding carboxylic acids is 1. The monoisotopic (exact) mass is 415 g/mol. The number of hydrogen-bond acceptors (Lipinski definition) is 4. The van der Waals surface area contributed by atoms with Gasteiger partial charge < -0.3 is 10.1 Å². The van der Waals surface area contributed by atoms with Crippen molar-refractivity contribution in [1.29, 1.82) is 0 Å². The van der Waals surface area contributed by atoms with Crippen LogP contribution in [-0.2, 0) is 18.4 Å². The number of aryl methyl sites for hydroxylation is 3. The van der Waals surface area contributed by atoms with Crippen molar-refractivity contribution in [3.8, 4) is 16.9 Å². The molecule has 8 heteroatoms. The molecular weight excluding hydrogens is 385 g/mol. The van der Waals surface area contributed by atoms with Crippen molar-refractivity contribution >= 4 is 16.8 Å². The molecule has 30 heavy (non-hydrogen) atoms. The van der Waals surface area contributed by atoms with E-state index in [2.05, 4.69) is 15.5 Å². The van der Waals surface area contributed by atoms with Crippen LogP contribution in [0.5, 0.6) is 5.75 Å². The summed E-state index contributed by atoms with van der Waals surface area (Å²) in [5, 5.41) is 12.6. The van der Waals surface area contributed by atoms with Gasteiger partial charge in [-0.25, -0.2) is 4.39 Å². The van der Waals surface area contributed by atoms with Crippen molar-refractivity contribution in [2.45, 2.75) is 46.8 Å². The van der Waals surface area contributed by atoms with Gasteiger partial charge in [0, 0.05) is 43.4 Å². The average molecular weight is 416 g/mol. The number of nitrogens with zero attached hydrogens (tertiary/aromatic N) is 4. The SMILES string of the molecule is CC.Cc1c2c(OC(C)C3CNC(=O)C3)cc(-c3cnn(CCF)c3)cc2nn1C. The number of benzene rings is 1. The molecule has 1 aliphatic rings. The lowest BCUT2D eigenvalue weighted by atomic mass is 10.0. The number of ether oxygens (including phenoxy) is 1. The van der Waals surface area contributed by atoms with E-state index in [4.69, 9.17) is 4.74 Å². The van der Waals surface area contributed by atoms with E-state index in [0.717, 1.165) is 33.5 Å². The number of carbonyl (C=O) groups is 1. The Balaban J connectivity index is 0.00000124. The predicted molar refractivity (Wildman–Crippen MR) is 115 cm³/mol. The molecule has 1 amide bonds. The smallest absolute Gasteiger partial charge is 0.220 e. The summed E-state index contributed by atoms with van der Waals surface area (Å²) in [6.45, 7) is 8.40. The van der Waals surface area contributed by atoms with Gasteiger partial charge in [0.2, 0.25) is 5.91 Å². The highest BCUT2D eigenvalue weighted by Crippen LogP contribution is 2.35. The van der Waals surface area contributed by atoms with Crippen LogP contribution in [0.25, 0.3) is 22.0 Å². The third-order valence-corrected chi connectivity index (χ3v) is 5.45. The first kappa shape index (κ1) is 21.8. The highest BCUT2D eigenvalue weighted by atomic mass is 19.1. The van der Waals surface area contributed by atoms with E-state index in [1.807, 2.05) is 57.8 Å². The molecule has 1 N–H and O–H groups in total. The van der Waals surface area contributed by atoms with E-state index in [-0.39, 0.29) is 24.5 Å². The van der Waals surface area contributed by atoms with Crippen molar-refractivity contribution in [2.75, 3.05) is 13.2 Å². The van der Waals surface area contributed by atoms with Gasteiger partial charge in [0.05, 0.1) is 23.6 Å². The van der Waals surface area contributed by atoms with Gasteiger partial charge in [-0.2, -0.15) is 10.2 Å². The average Bonchev–Trinajstić information content (AvgIpc) is 3.44. The Bertz CT molecular complexity index is 1030. The number of hydrogen-bond donors (Lipinski definition) is 1. The molecule has 1 aromatic carbocycles. The van der Waals surface area contributed by atoms with Gasteiger partial charge in [0.25, 0.3) is 0 Å². The number of fused-ring (bicyclic) bond motifs is 1. The second-order valence-electron chi connectivity index (χ2n) is 7.35. The summed E-state index contributed by atoms with van der Waals surface area (Å²) < 4.78 is 22.4. The lowest BCUT2D eigenvalue weighted by Crippen LogP contribution is -2.25. The first-order chi connectivity index (χ1) is 14.5. The van der Waals surface area contributed by atoms with Gasteiger partial charge in [-0.15, -0.1) is 0 Å². The first-order valence-electron chi connectivity index (χ1n) is 10.5. The van der Waals surface area contributed by atoms with E-state index >= 15 is 0 Å². The normalized spacial score (nSPS) is 16.9. The summed E-state index contributed by atoms with van der Waals surface area (Å²) in [6.07, 6.45) is 3.90. The van der Waals surface area contributed by atoms with Crippen LogP contribution in [0, 0.1) is 12.8 Å². The van der Waals surface area contributed by atoms with Gasteiger partial charge >= 0.3 is 0 Å². The Morgan fingerprint density at radius 3 is 2.77 bits per heavy atom. The van der Waals surface area contributed by atoms with Crippen molar-refractivity contribution in [1.82, 2.24) is 24.9 Å². The molecule has 1 fully saturated rings. The van der Waals surface area contributed by atoms with E-state index < -0.39 is 6.67 Å². The van der Waals surface area contributed by atoms with Crippen LogP contribution in [0.2, 0.25) is 0 Å². The summed E-state index contributed by atoms with van der Waals surface area (Å²) >= 11 is 0. The van der Waals surface area contributed by atoms with Crippen LogP contribution >= 0.6 is 0 Å². The molecule has 0 saturated carbocycles. The van der Waals surface area contributed by atoms with E-state index in [0.29, 0.717) is 13.0 Å². The van der Waals surface area contributed by atoms with Crippen LogP contribution < -0.4 is 10.1 Å². The largest absolute Gasteiger partial charge is 0.490 e. The number of aromatic nitrogens is 4. The Morgan fingerprint density at radius 1 is 1.33 bits per heavy atom. The predicted octanol–water partition coefficient (Wildman–Crippen LogP) is 3.64. The zero-order chi connectivity index (χ0) is 21.8. The van der Waals surface area contributed by atoms with Crippen molar-refractivity contribution in [2.24, 2.45) is 13.0 Å². The summed E-state index contributed by atoms with van der Waals surface area (Å²) in [6, 6.07) is 3.98. The molecule has 0 aliphatic carbocycles. The molecule has 3 aromatic rings. The molecule has 4 rings (SSSR count). The Hall–Kier alpha value is -2.90. The number of nitrogens with one attached hydrogen (secondary N) is 1. The maximum atomic E-state index is 12.6. The molecule has 162 valence electrons. The molecule has 7 nitrogen and oxygen atoms in total. The first-order valence-corrected chi connectivity index (χ1v) is 10.5. The van der Waals surface area contributed by atoms with Gasteiger partial charge in [-0.1, -0.05) is 13.8 Å². The fourth-order valence-electron chi connectivity index (χ4n) is 3.68. The third kappa shape index (κ3) is 4.32. The van der Waals surface area contributed by atoms with Crippen LogP contribution in [0.4, 0.5) is 4.39 Å². The number of amides is 1. The fraction of sp³-hybridized carbons (Fsp3) is 0.500. The van der Waals surface area contributed by atoms with Crippen molar-refractivity contribution < 1.29 is 13.9 Å². The van der Waals surface area contributed by atoms with E-state index in [1.165, 1.54) is 0 Å². The molecule has 1 aliphatic heterocycles. The molecular formula is C22H30FN5O2. The third-order valence-electron chi connectivity index (χ3n) is 5.45. The highest BCUT2D eigenvalue weighted by molar-refractivity contribution is 5.92. The molecule has 2 unspecified atom stereocenters. The van der Waals surface area contributed by atoms with Crippen LogP contribution in [0.3, 0.4) is 0 Å². The van der Waals surface area contributed by atoms with Gasteiger partial charge in [-0.3, -0.25) is 14.2 Å². The van der Waals surface area contributed by atoms with Crippen LogP contribution in [0.1, 0.15) is 32.9 Å². The van der Waals surface area contributed by atoms with E-state index in [1.54, 1.807) is 10.9 Å². The second kappa shape index (κ2) is 9.28. The minimum atomic E-state index is -0.459. The molecule has 2 aromatic heterocycles. The minimum absolute atomic E-state index is 0.0668. The van der Waals surface area contributed by atoms with Crippen molar-refractivity contribution in [3.63, 3.8) is 0 Å². The minimum Gasteiger partial charge on any atom is -0.490 e. The summed E-state index contributed by atoms with van der Waals surface area (Å²) in [5.41, 5.74) is 3.64. The maximum Gasteiger partial charge on any atom is 0.220 e. The summed E-state index contributed by atoms with van der Waals surface area (Å²) in [4.78, 5) is 11.6. The fourth-order valence-corrected chi connectivity index (χ4v) is 3.68. The molecule has 2 atom stereocenters. The topological polar surface area (TPSA) is 74.0 Å². The number of rotatable bonds is 6. The quantitative estimate of drug-likeness (QED) is 0.667. The zero-order valence-electron chi connectivity index (χ0n) is 18.3. The Kier molecular flexibility index (Phi) is 6.74.